The van der Waals surface area contributed by atoms with E-state index in [1.54, 1.807) is 42.5 Å². The zero-order valence-electron chi connectivity index (χ0n) is 16.8. The predicted molar refractivity (Wildman–Crippen MR) is 119 cm³/mol. The number of para-hydroxylation sites is 1. The number of aromatic nitrogens is 2. The molecule has 162 valence electrons. The summed E-state index contributed by atoms with van der Waals surface area (Å²) in [6, 6.07) is 14.7. The first-order valence-corrected chi connectivity index (χ1v) is 11.7. The second-order valence-corrected chi connectivity index (χ2v) is 9.46. The standard InChI is InChI=1S/C20H21N5O4S2/c1-3-13(2)21-18(27)15-11-7-8-12-16(15)25-31(28,29)20-24-23-19(30-20)22-17(26)14-9-5-4-6-10-14/h4-13,25H,3H2,1-2H3,(H,21,27)(H,22,23,26)/t13-/m0/s1. The number of nitrogens with zero attached hydrogens (tertiary/aromatic N) is 2. The minimum atomic E-state index is -4.12. The third-order valence-electron chi connectivity index (χ3n) is 4.30. The van der Waals surface area contributed by atoms with Gasteiger partial charge in [-0.05, 0) is 37.6 Å². The maximum Gasteiger partial charge on any atom is 0.291 e. The van der Waals surface area contributed by atoms with E-state index in [-0.39, 0.29) is 32.7 Å². The van der Waals surface area contributed by atoms with Crippen molar-refractivity contribution in [3.05, 3.63) is 65.7 Å². The van der Waals surface area contributed by atoms with Gasteiger partial charge < -0.3 is 5.32 Å². The Hall–Kier alpha value is -3.31. The van der Waals surface area contributed by atoms with E-state index in [1.165, 1.54) is 12.1 Å². The van der Waals surface area contributed by atoms with E-state index in [1.807, 2.05) is 13.8 Å². The normalized spacial score (nSPS) is 12.1. The molecule has 1 atom stereocenters. The summed E-state index contributed by atoms with van der Waals surface area (Å²) in [5.41, 5.74) is 0.711. The molecule has 0 fully saturated rings. The number of amides is 2. The average molecular weight is 460 g/mol. The Morgan fingerprint density at radius 3 is 2.39 bits per heavy atom. The number of hydrogen-bond acceptors (Lipinski definition) is 7. The van der Waals surface area contributed by atoms with Crippen molar-refractivity contribution in [2.45, 2.75) is 30.6 Å². The van der Waals surface area contributed by atoms with Crippen LogP contribution < -0.4 is 15.4 Å². The van der Waals surface area contributed by atoms with Crippen LogP contribution in [-0.4, -0.2) is 36.5 Å². The first-order valence-electron chi connectivity index (χ1n) is 9.42. The summed E-state index contributed by atoms with van der Waals surface area (Å²) in [6.07, 6.45) is 0.738. The molecule has 0 bridgehead atoms. The molecule has 0 unspecified atom stereocenters. The first-order chi connectivity index (χ1) is 14.8. The smallest absolute Gasteiger partial charge is 0.291 e. The van der Waals surface area contributed by atoms with Gasteiger partial charge in [0.05, 0.1) is 11.3 Å². The van der Waals surface area contributed by atoms with Gasteiger partial charge in [0.25, 0.3) is 26.2 Å². The Kier molecular flexibility index (Phi) is 6.98. The highest BCUT2D eigenvalue weighted by Gasteiger charge is 2.24. The number of anilines is 2. The molecule has 0 aliphatic rings. The molecule has 11 heteroatoms. The summed E-state index contributed by atoms with van der Waals surface area (Å²) >= 11 is 0.705. The Morgan fingerprint density at radius 1 is 1.00 bits per heavy atom. The van der Waals surface area contributed by atoms with Crippen LogP contribution in [0.15, 0.2) is 58.9 Å². The molecule has 2 aromatic carbocycles. The van der Waals surface area contributed by atoms with Crippen molar-refractivity contribution in [1.29, 1.82) is 0 Å². The summed E-state index contributed by atoms with van der Waals surface area (Å²) in [7, 11) is -4.12. The summed E-state index contributed by atoms with van der Waals surface area (Å²) < 4.78 is 27.6. The lowest BCUT2D eigenvalue weighted by molar-refractivity contribution is 0.0939. The van der Waals surface area contributed by atoms with Gasteiger partial charge in [0, 0.05) is 11.6 Å². The number of carbonyl (C=O) groups excluding carboxylic acids is 2. The molecular weight excluding hydrogens is 438 g/mol. The molecule has 3 rings (SSSR count). The number of benzene rings is 2. The fourth-order valence-electron chi connectivity index (χ4n) is 2.49. The van der Waals surface area contributed by atoms with Gasteiger partial charge in [-0.1, -0.05) is 48.6 Å². The molecule has 3 aromatic rings. The molecule has 0 saturated carbocycles. The van der Waals surface area contributed by atoms with Crippen LogP contribution >= 0.6 is 11.3 Å². The molecule has 0 saturated heterocycles. The lowest BCUT2D eigenvalue weighted by atomic mass is 10.1. The van der Waals surface area contributed by atoms with Crippen molar-refractivity contribution in [2.24, 2.45) is 0 Å². The maximum absolute atomic E-state index is 12.8. The van der Waals surface area contributed by atoms with E-state index in [9.17, 15) is 18.0 Å². The van der Waals surface area contributed by atoms with Crippen molar-refractivity contribution < 1.29 is 18.0 Å². The number of rotatable bonds is 8. The van der Waals surface area contributed by atoms with Gasteiger partial charge in [0.15, 0.2) is 0 Å². The van der Waals surface area contributed by atoms with E-state index in [0.717, 1.165) is 6.42 Å². The molecule has 0 aliphatic carbocycles. The lowest BCUT2D eigenvalue weighted by Crippen LogP contribution is -2.32. The first kappa shape index (κ1) is 22.4. The van der Waals surface area contributed by atoms with Crippen LogP contribution in [0.5, 0.6) is 0 Å². The van der Waals surface area contributed by atoms with Crippen molar-refractivity contribution in [2.75, 3.05) is 10.0 Å². The van der Waals surface area contributed by atoms with Gasteiger partial charge in [-0.15, -0.1) is 10.2 Å². The molecule has 0 spiro atoms. The summed E-state index contributed by atoms with van der Waals surface area (Å²) in [5.74, 6) is -0.818. The Balaban J connectivity index is 1.77. The minimum Gasteiger partial charge on any atom is -0.350 e. The molecule has 0 aliphatic heterocycles. The monoisotopic (exact) mass is 459 g/mol. The molecule has 0 radical (unpaired) electrons. The molecule has 9 nitrogen and oxygen atoms in total. The van der Waals surface area contributed by atoms with Crippen LogP contribution in [0.4, 0.5) is 10.8 Å². The number of sulfonamides is 1. The van der Waals surface area contributed by atoms with Gasteiger partial charge >= 0.3 is 0 Å². The second-order valence-electron chi connectivity index (χ2n) is 6.63. The zero-order valence-corrected chi connectivity index (χ0v) is 18.5. The van der Waals surface area contributed by atoms with E-state index in [4.69, 9.17) is 0 Å². The van der Waals surface area contributed by atoms with Crippen LogP contribution in [0.25, 0.3) is 0 Å². The molecule has 31 heavy (non-hydrogen) atoms. The number of hydrogen-bond donors (Lipinski definition) is 3. The van der Waals surface area contributed by atoms with E-state index in [0.29, 0.717) is 16.9 Å². The van der Waals surface area contributed by atoms with Gasteiger partial charge in [-0.3, -0.25) is 19.6 Å². The topological polar surface area (TPSA) is 130 Å². The molecule has 3 N–H and O–H groups in total. The van der Waals surface area contributed by atoms with Gasteiger partial charge in [-0.2, -0.15) is 8.42 Å². The Labute approximate surface area is 184 Å². The van der Waals surface area contributed by atoms with Crippen molar-refractivity contribution in [3.8, 4) is 0 Å². The third-order valence-corrected chi connectivity index (χ3v) is 6.87. The highest BCUT2D eigenvalue weighted by atomic mass is 32.2. The summed E-state index contributed by atoms with van der Waals surface area (Å²) in [6.45, 7) is 3.79. The minimum absolute atomic E-state index is 0.0389. The lowest BCUT2D eigenvalue weighted by Gasteiger charge is -2.14. The van der Waals surface area contributed by atoms with Crippen LogP contribution in [0, 0.1) is 0 Å². The Bertz CT molecular complexity index is 1180. The number of carbonyl (C=O) groups is 2. The average Bonchev–Trinajstić information content (AvgIpc) is 3.24. The van der Waals surface area contributed by atoms with E-state index < -0.39 is 15.9 Å². The largest absolute Gasteiger partial charge is 0.350 e. The van der Waals surface area contributed by atoms with Crippen molar-refractivity contribution in [1.82, 2.24) is 15.5 Å². The molecular formula is C20H21N5O4S2. The second kappa shape index (κ2) is 9.67. The van der Waals surface area contributed by atoms with Crippen molar-refractivity contribution >= 4 is 44.0 Å². The quantitative estimate of drug-likeness (QED) is 0.444. The van der Waals surface area contributed by atoms with Gasteiger partial charge in [-0.25, -0.2) is 0 Å². The molecule has 1 heterocycles. The highest BCUT2D eigenvalue weighted by molar-refractivity contribution is 7.94. The summed E-state index contributed by atoms with van der Waals surface area (Å²) in [4.78, 5) is 24.7. The van der Waals surface area contributed by atoms with Gasteiger partial charge in [0.2, 0.25) is 5.13 Å². The van der Waals surface area contributed by atoms with Crippen LogP contribution in [0.2, 0.25) is 0 Å². The predicted octanol–water partition coefficient (Wildman–Crippen LogP) is 3.12. The van der Waals surface area contributed by atoms with Crippen LogP contribution in [0.3, 0.4) is 0 Å². The fraction of sp³-hybridized carbons (Fsp3) is 0.200. The Morgan fingerprint density at radius 2 is 1.68 bits per heavy atom. The van der Waals surface area contributed by atoms with E-state index in [2.05, 4.69) is 25.6 Å². The highest BCUT2D eigenvalue weighted by Crippen LogP contribution is 2.25. The summed E-state index contributed by atoms with van der Waals surface area (Å²) in [5, 5.41) is 12.8. The third kappa shape index (κ3) is 5.64. The maximum atomic E-state index is 12.8. The molecule has 1 aromatic heterocycles. The van der Waals surface area contributed by atoms with E-state index >= 15 is 0 Å². The number of nitrogens with one attached hydrogen (secondary N) is 3. The van der Waals surface area contributed by atoms with Crippen molar-refractivity contribution in [3.63, 3.8) is 0 Å². The fourth-order valence-corrected chi connectivity index (χ4v) is 4.47. The van der Waals surface area contributed by atoms with Crippen LogP contribution in [-0.2, 0) is 10.0 Å². The SMILES string of the molecule is CC[C@H](C)NC(=O)c1ccccc1NS(=O)(=O)c1nnc(NC(=O)c2ccccc2)s1. The van der Waals surface area contributed by atoms with Crippen LogP contribution in [0.1, 0.15) is 41.0 Å². The van der Waals surface area contributed by atoms with Gasteiger partial charge in [0.1, 0.15) is 0 Å². The molecule has 2 amide bonds. The zero-order chi connectivity index (χ0) is 22.4.